The van der Waals surface area contributed by atoms with E-state index in [1.165, 1.54) is 0 Å². The predicted octanol–water partition coefficient (Wildman–Crippen LogP) is 7.56. The molecule has 0 spiro atoms. The third-order valence-corrected chi connectivity index (χ3v) is 16.4. The van der Waals surface area contributed by atoms with Crippen LogP contribution in [0.2, 0.25) is 5.04 Å². The van der Waals surface area contributed by atoms with E-state index in [0.717, 1.165) is 26.6 Å². The summed E-state index contributed by atoms with van der Waals surface area (Å²) < 4.78 is 37.7. The summed E-state index contributed by atoms with van der Waals surface area (Å²) in [5.41, 5.74) is 1.43. The van der Waals surface area contributed by atoms with Gasteiger partial charge in [0.15, 0.2) is 0 Å². The van der Waals surface area contributed by atoms with Gasteiger partial charge >= 0.3 is 0 Å². The van der Waals surface area contributed by atoms with E-state index < -0.39 is 27.7 Å². The zero-order chi connectivity index (χ0) is 29.8. The minimum Gasteiger partial charge on any atom is -0.400 e. The number of benzene rings is 4. The smallest absolute Gasteiger partial charge is 0.261 e. The molecule has 2 nitrogen and oxygen atoms in total. The number of hydrogen-bond acceptors (Lipinski definition) is 2. The highest BCUT2D eigenvalue weighted by Crippen LogP contribution is 2.45. The molecule has 0 bridgehead atoms. The van der Waals surface area contributed by atoms with E-state index in [4.69, 9.17) is 4.43 Å². The van der Waals surface area contributed by atoms with Crippen molar-refractivity contribution >= 4 is 36.4 Å². The van der Waals surface area contributed by atoms with Crippen molar-refractivity contribution in [1.29, 1.82) is 0 Å². The number of hydrogen-bond donors (Lipinski definition) is 0. The van der Waals surface area contributed by atoms with Crippen LogP contribution >= 0.6 is 7.14 Å². The van der Waals surface area contributed by atoms with Gasteiger partial charge in [0, 0.05) is 23.2 Å². The minimum atomic E-state index is -2.96. The molecule has 1 saturated carbocycles. The summed E-state index contributed by atoms with van der Waals surface area (Å²) in [5.74, 6) is 0. The van der Waals surface area contributed by atoms with Gasteiger partial charge in [-0.2, -0.15) is 0 Å². The molecule has 2 atom stereocenters. The van der Waals surface area contributed by atoms with Crippen LogP contribution in [0.4, 0.5) is 4.39 Å². The summed E-state index contributed by atoms with van der Waals surface area (Å²) in [6, 6.07) is 40.1. The van der Waals surface area contributed by atoms with E-state index >= 15 is 4.39 Å². The Morgan fingerprint density at radius 1 is 0.786 bits per heavy atom. The maximum Gasteiger partial charge on any atom is 0.261 e. The molecule has 0 N–H and O–H groups in total. The molecule has 1 aliphatic rings. The van der Waals surface area contributed by atoms with Gasteiger partial charge in [0.05, 0.1) is 6.10 Å². The van der Waals surface area contributed by atoms with E-state index in [0.29, 0.717) is 18.2 Å². The Bertz CT molecular complexity index is 1480. The highest BCUT2D eigenvalue weighted by molar-refractivity contribution is 7.78. The molecule has 42 heavy (non-hydrogen) atoms. The molecule has 0 heterocycles. The van der Waals surface area contributed by atoms with Crippen LogP contribution in [0.1, 0.15) is 33.6 Å². The fourth-order valence-corrected chi connectivity index (χ4v) is 13.4. The Hall–Kier alpha value is -3.30. The molecule has 0 amide bonds. The summed E-state index contributed by atoms with van der Waals surface area (Å²) in [4.78, 5) is 0. The molecule has 0 saturated heterocycles. The quantitative estimate of drug-likeness (QED) is 0.120. The predicted molar refractivity (Wildman–Crippen MR) is 178 cm³/mol. The van der Waals surface area contributed by atoms with Crippen molar-refractivity contribution < 1.29 is 13.4 Å². The van der Waals surface area contributed by atoms with Crippen LogP contribution in [-0.4, -0.2) is 26.8 Å². The number of alkyl halides is 1. The number of rotatable bonds is 8. The molecule has 0 unspecified atom stereocenters. The maximum absolute atomic E-state index is 15.7. The van der Waals surface area contributed by atoms with Gasteiger partial charge in [0.1, 0.15) is 13.3 Å². The molecule has 5 rings (SSSR count). The first-order valence-electron chi connectivity index (χ1n) is 14.6. The molecule has 4 aromatic carbocycles. The van der Waals surface area contributed by atoms with Crippen LogP contribution in [0, 0.1) is 0 Å². The molecule has 5 heteroatoms. The molecule has 4 aromatic rings. The van der Waals surface area contributed by atoms with Crippen molar-refractivity contribution in [2.75, 3.05) is 6.16 Å². The minimum absolute atomic E-state index is 0.237. The molecule has 1 aliphatic carbocycles. The Morgan fingerprint density at radius 2 is 1.21 bits per heavy atom. The Morgan fingerprint density at radius 3 is 1.64 bits per heavy atom. The lowest BCUT2D eigenvalue weighted by Gasteiger charge is -2.46. The first kappa shape index (κ1) is 30.2. The van der Waals surface area contributed by atoms with Gasteiger partial charge in [-0.25, -0.2) is 4.39 Å². The third-order valence-electron chi connectivity index (χ3n) is 8.42. The van der Waals surface area contributed by atoms with E-state index in [9.17, 15) is 4.57 Å². The van der Waals surface area contributed by atoms with Gasteiger partial charge in [-0.1, -0.05) is 160 Å². The number of halogens is 1. The zero-order valence-corrected chi connectivity index (χ0v) is 26.6. The van der Waals surface area contributed by atoms with Gasteiger partial charge in [0.25, 0.3) is 8.32 Å². The van der Waals surface area contributed by atoms with Crippen molar-refractivity contribution in [3.8, 4) is 0 Å². The Kier molecular flexibility index (Phi) is 8.99. The highest BCUT2D eigenvalue weighted by atomic mass is 31.2. The van der Waals surface area contributed by atoms with Crippen molar-refractivity contribution in [3.05, 3.63) is 145 Å². The van der Waals surface area contributed by atoms with E-state index in [2.05, 4.69) is 75.9 Å². The average molecular weight is 595 g/mol. The fraction of sp³-hybridized carbons (Fsp3) is 0.243. The van der Waals surface area contributed by atoms with Crippen molar-refractivity contribution in [3.63, 3.8) is 0 Å². The SMILES string of the molecule is C=C1[C@@H](F)C/C(=C/CP(=O)(c2ccccc2)c2ccccc2)C[C@H]1O[Si](c1ccccc1)(c1ccccc1)C(C)(C)C. The fourth-order valence-electron chi connectivity index (χ4n) is 6.16. The second-order valence-corrected chi connectivity index (χ2v) is 19.3. The topological polar surface area (TPSA) is 26.3 Å². The van der Waals surface area contributed by atoms with Crippen molar-refractivity contribution in [2.24, 2.45) is 0 Å². The van der Waals surface area contributed by atoms with Gasteiger partial charge in [-0.3, -0.25) is 0 Å². The Balaban J connectivity index is 1.53. The van der Waals surface area contributed by atoms with Crippen molar-refractivity contribution in [2.45, 2.75) is 50.9 Å². The molecule has 1 fully saturated rings. The van der Waals surface area contributed by atoms with Crippen LogP contribution < -0.4 is 21.0 Å². The lowest BCUT2D eigenvalue weighted by molar-refractivity contribution is 0.178. The first-order valence-corrected chi connectivity index (χ1v) is 18.4. The summed E-state index contributed by atoms with van der Waals surface area (Å²) in [5, 5.41) is 3.69. The van der Waals surface area contributed by atoms with Gasteiger partial charge in [-0.15, -0.1) is 0 Å². The average Bonchev–Trinajstić information content (AvgIpc) is 3.02. The van der Waals surface area contributed by atoms with Gasteiger partial charge < -0.3 is 8.99 Å². The van der Waals surface area contributed by atoms with E-state index in [1.807, 2.05) is 78.9 Å². The van der Waals surface area contributed by atoms with Crippen LogP contribution in [-0.2, 0) is 8.99 Å². The second-order valence-electron chi connectivity index (χ2n) is 12.2. The molecule has 216 valence electrons. The van der Waals surface area contributed by atoms with Crippen LogP contribution in [0.15, 0.2) is 145 Å². The van der Waals surface area contributed by atoms with Crippen LogP contribution in [0.5, 0.6) is 0 Å². The standard InChI is InChI=1S/C37H40FO2PSi/c1-29-35(38)27-30(25-26-41(39,31-17-9-5-10-18-31)32-19-11-6-12-20-32)28-36(29)40-42(37(2,3)4,33-21-13-7-14-22-33)34-23-15-8-16-24-34/h5-25,35-36H,1,26-28H2,2-4H3/b30-25-/t35-,36+/m0/s1. The lowest BCUT2D eigenvalue weighted by atomic mass is 9.87. The summed E-state index contributed by atoms with van der Waals surface area (Å²) in [6.45, 7) is 10.9. The Labute approximate surface area is 251 Å². The summed E-state index contributed by atoms with van der Waals surface area (Å²) in [6.07, 6.45) is 1.43. The monoisotopic (exact) mass is 594 g/mol. The third kappa shape index (κ3) is 5.94. The van der Waals surface area contributed by atoms with E-state index in [-0.39, 0.29) is 11.5 Å². The molecular weight excluding hydrogens is 554 g/mol. The maximum atomic E-state index is 15.7. The zero-order valence-electron chi connectivity index (χ0n) is 24.7. The normalized spacial score (nSPS) is 19.1. The summed E-state index contributed by atoms with van der Waals surface area (Å²) in [7, 11) is -5.87. The first-order chi connectivity index (χ1) is 20.1. The van der Waals surface area contributed by atoms with Gasteiger partial charge in [-0.05, 0) is 27.4 Å². The van der Waals surface area contributed by atoms with E-state index in [1.54, 1.807) is 0 Å². The van der Waals surface area contributed by atoms with Gasteiger partial charge in [0.2, 0.25) is 0 Å². The lowest BCUT2D eigenvalue weighted by Crippen LogP contribution is -2.68. The largest absolute Gasteiger partial charge is 0.400 e. The second kappa shape index (κ2) is 12.5. The molecular formula is C37H40FO2PSi. The van der Waals surface area contributed by atoms with Crippen molar-refractivity contribution in [1.82, 2.24) is 0 Å². The molecule has 0 radical (unpaired) electrons. The molecule has 0 aliphatic heterocycles. The summed E-state index contributed by atoms with van der Waals surface area (Å²) >= 11 is 0. The van der Waals surface area contributed by atoms with Crippen LogP contribution in [0.25, 0.3) is 0 Å². The highest BCUT2D eigenvalue weighted by Gasteiger charge is 2.52. The van der Waals surface area contributed by atoms with Crippen LogP contribution in [0.3, 0.4) is 0 Å². The number of allylic oxidation sites excluding steroid dienone is 1. The molecule has 0 aromatic heterocycles.